The Hall–Kier alpha value is -1.89. The molecule has 0 aromatic carbocycles. The van der Waals surface area contributed by atoms with Crippen LogP contribution < -0.4 is 5.32 Å². The van der Waals surface area contributed by atoms with Gasteiger partial charge >= 0.3 is 5.97 Å². The van der Waals surface area contributed by atoms with Crippen LogP contribution in [-0.4, -0.2) is 39.6 Å². The Balaban J connectivity index is 2.54. The van der Waals surface area contributed by atoms with Crippen molar-refractivity contribution in [1.82, 2.24) is 10.3 Å². The first-order valence-corrected chi connectivity index (χ1v) is 8.32. The van der Waals surface area contributed by atoms with Gasteiger partial charge in [0.25, 0.3) is 5.91 Å². The van der Waals surface area contributed by atoms with Crippen molar-refractivity contribution in [3.8, 4) is 0 Å². The van der Waals surface area contributed by atoms with E-state index in [-0.39, 0.29) is 28.9 Å². The van der Waals surface area contributed by atoms with Crippen LogP contribution in [-0.2, 0) is 10.5 Å². The number of pyridine rings is 1. The van der Waals surface area contributed by atoms with E-state index < -0.39 is 11.5 Å². The van der Waals surface area contributed by atoms with Crippen LogP contribution in [0.25, 0.3) is 0 Å². The molecule has 2 heterocycles. The highest BCUT2D eigenvalue weighted by Crippen LogP contribution is 2.27. The molecule has 1 atom stereocenters. The maximum Gasteiger partial charge on any atom is 0.338 e. The second-order valence-electron chi connectivity index (χ2n) is 5.65. The molecule has 0 radical (unpaired) electrons. The highest BCUT2D eigenvalue weighted by molar-refractivity contribution is 7.97. The normalized spacial score (nSPS) is 21.0. The van der Waals surface area contributed by atoms with Gasteiger partial charge in [0.1, 0.15) is 11.2 Å². The molecule has 0 aliphatic carbocycles. The van der Waals surface area contributed by atoms with Gasteiger partial charge in [-0.1, -0.05) is 13.8 Å². The summed E-state index contributed by atoms with van der Waals surface area (Å²) in [6.07, 6.45) is 1.94. The van der Waals surface area contributed by atoms with Gasteiger partial charge in [-0.25, -0.2) is 14.8 Å². The number of hydrogen-bond acceptors (Lipinski definition) is 5. The molecule has 1 aromatic heterocycles. The number of rotatable bonds is 5. The number of amides is 1. The van der Waals surface area contributed by atoms with E-state index in [9.17, 15) is 14.7 Å². The molecule has 118 valence electrons. The summed E-state index contributed by atoms with van der Waals surface area (Å²) < 4.78 is 0. The van der Waals surface area contributed by atoms with Crippen LogP contribution >= 0.6 is 11.8 Å². The zero-order valence-electron chi connectivity index (χ0n) is 13.0. The van der Waals surface area contributed by atoms with Gasteiger partial charge in [0.15, 0.2) is 5.84 Å². The summed E-state index contributed by atoms with van der Waals surface area (Å²) in [5.41, 5.74) is 0.110. The smallest absolute Gasteiger partial charge is 0.338 e. The van der Waals surface area contributed by atoms with E-state index in [0.29, 0.717) is 5.75 Å². The van der Waals surface area contributed by atoms with Gasteiger partial charge in [-0.15, -0.1) is 0 Å². The van der Waals surface area contributed by atoms with E-state index in [1.54, 1.807) is 24.8 Å². The second kappa shape index (κ2) is 6.08. The van der Waals surface area contributed by atoms with Crippen molar-refractivity contribution >= 4 is 29.5 Å². The minimum Gasteiger partial charge on any atom is -0.478 e. The van der Waals surface area contributed by atoms with E-state index in [4.69, 9.17) is 0 Å². The molecule has 1 aromatic rings. The zero-order valence-corrected chi connectivity index (χ0v) is 13.8. The van der Waals surface area contributed by atoms with E-state index in [1.165, 1.54) is 6.07 Å². The quantitative estimate of drug-likeness (QED) is 0.864. The number of hydrogen-bond donors (Lipinski definition) is 2. The van der Waals surface area contributed by atoms with Crippen molar-refractivity contribution in [1.29, 1.82) is 0 Å². The van der Waals surface area contributed by atoms with Crippen LogP contribution in [0.1, 0.15) is 42.5 Å². The van der Waals surface area contributed by atoms with Crippen molar-refractivity contribution in [2.75, 3.05) is 6.26 Å². The van der Waals surface area contributed by atoms with Crippen LogP contribution in [0.15, 0.2) is 17.1 Å². The average Bonchev–Trinajstić information content (AvgIpc) is 2.76. The lowest BCUT2D eigenvalue weighted by atomic mass is 9.89. The lowest BCUT2D eigenvalue weighted by molar-refractivity contribution is -0.124. The van der Waals surface area contributed by atoms with E-state index in [1.807, 2.05) is 20.1 Å². The van der Waals surface area contributed by atoms with Gasteiger partial charge in [0.2, 0.25) is 0 Å². The van der Waals surface area contributed by atoms with E-state index in [0.717, 1.165) is 5.69 Å². The SMILES string of the molecule is CSCc1ccc(C(=O)O)c(C2=NC(C)(C(C)C)C(=O)N2)n1. The summed E-state index contributed by atoms with van der Waals surface area (Å²) in [6, 6.07) is 3.19. The number of carboxylic acid groups (broad SMARTS) is 1. The fourth-order valence-electron chi connectivity index (χ4n) is 2.13. The van der Waals surface area contributed by atoms with Crippen molar-refractivity contribution in [3.05, 3.63) is 29.1 Å². The molecule has 2 N–H and O–H groups in total. The third-order valence-electron chi connectivity index (χ3n) is 3.86. The number of carbonyl (C=O) groups excluding carboxylic acids is 1. The van der Waals surface area contributed by atoms with Gasteiger partial charge in [-0.05, 0) is 31.2 Å². The van der Waals surface area contributed by atoms with Crippen LogP contribution in [0, 0.1) is 5.92 Å². The van der Waals surface area contributed by atoms with Crippen molar-refractivity contribution in [2.24, 2.45) is 10.9 Å². The topological polar surface area (TPSA) is 91.6 Å². The van der Waals surface area contributed by atoms with Gasteiger partial charge in [-0.2, -0.15) is 11.8 Å². The maximum atomic E-state index is 12.2. The Bertz CT molecular complexity index is 657. The first-order valence-electron chi connectivity index (χ1n) is 6.93. The molecule has 1 aliphatic heterocycles. The molecule has 0 spiro atoms. The summed E-state index contributed by atoms with van der Waals surface area (Å²) in [6.45, 7) is 5.55. The Morgan fingerprint density at radius 3 is 2.64 bits per heavy atom. The molecule has 1 aliphatic rings. The number of carboxylic acids is 1. The second-order valence-corrected chi connectivity index (χ2v) is 6.52. The van der Waals surface area contributed by atoms with Gasteiger partial charge in [0.05, 0.1) is 11.3 Å². The minimum atomic E-state index is -1.09. The Morgan fingerprint density at radius 1 is 1.45 bits per heavy atom. The van der Waals surface area contributed by atoms with E-state index >= 15 is 0 Å². The molecule has 0 saturated heterocycles. The number of aliphatic imine (C=N–C) groups is 1. The summed E-state index contributed by atoms with van der Waals surface area (Å²) in [5.74, 6) is -0.427. The maximum absolute atomic E-state index is 12.2. The van der Waals surface area contributed by atoms with Crippen molar-refractivity contribution in [2.45, 2.75) is 32.1 Å². The predicted molar refractivity (Wildman–Crippen MR) is 86.3 cm³/mol. The Labute approximate surface area is 133 Å². The first-order chi connectivity index (χ1) is 10.3. The molecule has 6 nitrogen and oxygen atoms in total. The predicted octanol–water partition coefficient (Wildman–Crippen LogP) is 1.93. The summed E-state index contributed by atoms with van der Waals surface area (Å²) in [7, 11) is 0. The molecule has 1 amide bonds. The highest BCUT2D eigenvalue weighted by Gasteiger charge is 2.43. The first kappa shape index (κ1) is 16.5. The summed E-state index contributed by atoms with van der Waals surface area (Å²) in [5, 5.41) is 12.0. The lowest BCUT2D eigenvalue weighted by Gasteiger charge is -2.21. The number of aromatic nitrogens is 1. The molecule has 7 heteroatoms. The largest absolute Gasteiger partial charge is 0.478 e. The molecule has 0 saturated carbocycles. The third-order valence-corrected chi connectivity index (χ3v) is 4.44. The lowest BCUT2D eigenvalue weighted by Crippen LogP contribution is -2.41. The number of thioether (sulfide) groups is 1. The molecule has 22 heavy (non-hydrogen) atoms. The average molecular weight is 321 g/mol. The molecular weight excluding hydrogens is 302 g/mol. The Morgan fingerprint density at radius 2 is 2.14 bits per heavy atom. The number of carbonyl (C=O) groups is 2. The van der Waals surface area contributed by atoms with Crippen molar-refractivity contribution in [3.63, 3.8) is 0 Å². The zero-order chi connectivity index (χ0) is 16.5. The van der Waals surface area contributed by atoms with Crippen LogP contribution in [0.2, 0.25) is 0 Å². The summed E-state index contributed by atoms with van der Waals surface area (Å²) in [4.78, 5) is 32.4. The fourth-order valence-corrected chi connectivity index (χ4v) is 2.59. The summed E-state index contributed by atoms with van der Waals surface area (Å²) >= 11 is 1.59. The van der Waals surface area contributed by atoms with E-state index in [2.05, 4.69) is 15.3 Å². The third kappa shape index (κ3) is 2.85. The van der Waals surface area contributed by atoms with Crippen molar-refractivity contribution < 1.29 is 14.7 Å². The highest BCUT2D eigenvalue weighted by atomic mass is 32.2. The molecule has 1 unspecified atom stereocenters. The van der Waals surface area contributed by atoms with Crippen LogP contribution in [0.5, 0.6) is 0 Å². The molecule has 2 rings (SSSR count). The van der Waals surface area contributed by atoms with Gasteiger partial charge < -0.3 is 10.4 Å². The van der Waals surface area contributed by atoms with Gasteiger partial charge in [0, 0.05) is 5.75 Å². The number of nitrogens with one attached hydrogen (secondary N) is 1. The molecule has 0 bridgehead atoms. The monoisotopic (exact) mass is 321 g/mol. The number of amidine groups is 1. The minimum absolute atomic E-state index is 0.00680. The van der Waals surface area contributed by atoms with Crippen LogP contribution in [0.4, 0.5) is 0 Å². The molecular formula is C15H19N3O3S. The standard InChI is InChI=1S/C15H19N3O3S/c1-8(2)15(3)14(21)17-12(18-15)11-10(13(19)20)6-5-9(16-11)7-22-4/h5-6,8H,7H2,1-4H3,(H,19,20)(H,17,18,21). The fraction of sp³-hybridized carbons (Fsp3) is 0.467. The number of nitrogens with zero attached hydrogens (tertiary/aromatic N) is 2. The molecule has 0 fully saturated rings. The van der Waals surface area contributed by atoms with Gasteiger partial charge in [-0.3, -0.25) is 4.79 Å². The number of aromatic carboxylic acids is 1. The van der Waals surface area contributed by atoms with Crippen LogP contribution in [0.3, 0.4) is 0 Å². The Kier molecular flexibility index (Phi) is 4.55.